The Bertz CT molecular complexity index is 960. The van der Waals surface area contributed by atoms with Crippen molar-refractivity contribution < 1.29 is 27.4 Å². The second-order valence-corrected chi connectivity index (χ2v) is 7.42. The Morgan fingerprint density at radius 3 is 2.67 bits per heavy atom. The lowest BCUT2D eigenvalue weighted by atomic mass is 9.95. The van der Waals surface area contributed by atoms with E-state index in [2.05, 4.69) is 4.98 Å². The summed E-state index contributed by atoms with van der Waals surface area (Å²) in [6.45, 7) is 0.184. The van der Waals surface area contributed by atoms with Gasteiger partial charge in [-0.25, -0.2) is 9.78 Å². The molecular weight excluding hydrogens is 397 g/mol. The molecule has 2 aliphatic rings. The van der Waals surface area contributed by atoms with E-state index in [0.717, 1.165) is 37.2 Å². The highest BCUT2D eigenvalue weighted by Crippen LogP contribution is 2.41. The maximum atomic E-state index is 13.3. The predicted octanol–water partition coefficient (Wildman–Crippen LogP) is 5.07. The molecule has 2 atom stereocenters. The average molecular weight is 418 g/mol. The van der Waals surface area contributed by atoms with E-state index in [1.807, 2.05) is 36.4 Å². The number of benzene rings is 1. The van der Waals surface area contributed by atoms with E-state index in [0.29, 0.717) is 12.0 Å². The highest BCUT2D eigenvalue weighted by atomic mass is 19.4. The number of nitrogens with zero attached hydrogens (tertiary/aromatic N) is 2. The van der Waals surface area contributed by atoms with Crippen molar-refractivity contribution in [1.29, 1.82) is 0 Å². The number of hydrogen-bond acceptors (Lipinski definition) is 4. The van der Waals surface area contributed by atoms with Gasteiger partial charge < -0.3 is 9.47 Å². The number of pyridine rings is 1. The zero-order chi connectivity index (χ0) is 21.3. The van der Waals surface area contributed by atoms with Crippen LogP contribution in [0, 0.1) is 0 Å². The fraction of sp³-hybridized carbons (Fsp3) is 0.364. The number of halogens is 3. The average Bonchev–Trinajstić information content (AvgIpc) is 3.01. The maximum absolute atomic E-state index is 13.3. The van der Waals surface area contributed by atoms with Crippen LogP contribution in [0.15, 0.2) is 48.7 Å². The summed E-state index contributed by atoms with van der Waals surface area (Å²) >= 11 is 0. The molecule has 4 rings (SSSR count). The minimum atomic E-state index is -4.56. The van der Waals surface area contributed by atoms with Crippen LogP contribution in [-0.2, 0) is 17.5 Å². The first-order chi connectivity index (χ1) is 14.4. The van der Waals surface area contributed by atoms with E-state index in [1.54, 1.807) is 4.90 Å². The molecule has 0 radical (unpaired) electrons. The third-order valence-electron chi connectivity index (χ3n) is 5.53. The van der Waals surface area contributed by atoms with Crippen LogP contribution in [0.4, 0.5) is 18.0 Å². The topological polar surface area (TPSA) is 51.7 Å². The molecule has 1 fully saturated rings. The third kappa shape index (κ3) is 3.99. The van der Waals surface area contributed by atoms with Gasteiger partial charge >= 0.3 is 12.3 Å². The Morgan fingerprint density at radius 1 is 1.23 bits per heavy atom. The summed E-state index contributed by atoms with van der Waals surface area (Å²) < 4.78 is 50.2. The van der Waals surface area contributed by atoms with Crippen molar-refractivity contribution in [3.05, 3.63) is 65.4 Å². The largest absolute Gasteiger partial charge is 0.481 e. The predicted molar refractivity (Wildman–Crippen MR) is 104 cm³/mol. The van der Waals surface area contributed by atoms with Gasteiger partial charge in [-0.3, -0.25) is 4.90 Å². The van der Waals surface area contributed by atoms with Crippen LogP contribution in [0.3, 0.4) is 0 Å². The van der Waals surface area contributed by atoms with Gasteiger partial charge in [-0.15, -0.1) is 0 Å². The number of amides is 1. The van der Waals surface area contributed by atoms with Crippen LogP contribution in [0.1, 0.15) is 36.0 Å². The lowest BCUT2D eigenvalue weighted by Crippen LogP contribution is -2.43. The van der Waals surface area contributed by atoms with Crippen molar-refractivity contribution in [3.63, 3.8) is 0 Å². The number of ether oxygens (including phenoxy) is 2. The van der Waals surface area contributed by atoms with Gasteiger partial charge in [0.05, 0.1) is 13.2 Å². The van der Waals surface area contributed by atoms with Crippen LogP contribution in [0.25, 0.3) is 5.57 Å². The Labute approximate surface area is 172 Å². The molecule has 0 aliphatic carbocycles. The number of aromatic nitrogens is 1. The molecule has 30 heavy (non-hydrogen) atoms. The fourth-order valence-electron chi connectivity index (χ4n) is 4.12. The molecule has 0 N–H and O–H groups in total. The summed E-state index contributed by atoms with van der Waals surface area (Å²) in [5.41, 5.74) is 1.16. The SMILES string of the molecule is COc1ncc(C2=CC3CCC(C2)N3C(=O)OCc2ccccc2)cc1C(F)(F)F. The highest BCUT2D eigenvalue weighted by Gasteiger charge is 2.41. The normalized spacial score (nSPS) is 20.7. The van der Waals surface area contributed by atoms with Crippen LogP contribution in [0.5, 0.6) is 5.88 Å². The van der Waals surface area contributed by atoms with E-state index in [-0.39, 0.29) is 18.7 Å². The first-order valence-corrected chi connectivity index (χ1v) is 9.68. The molecule has 8 heteroatoms. The molecule has 158 valence electrons. The monoisotopic (exact) mass is 418 g/mol. The molecule has 0 saturated carbocycles. The van der Waals surface area contributed by atoms with Gasteiger partial charge in [0.25, 0.3) is 0 Å². The van der Waals surface area contributed by atoms with Crippen molar-refractivity contribution in [2.45, 2.75) is 44.1 Å². The van der Waals surface area contributed by atoms with E-state index in [9.17, 15) is 18.0 Å². The quantitative estimate of drug-likeness (QED) is 0.696. The van der Waals surface area contributed by atoms with Gasteiger partial charge in [-0.2, -0.15) is 13.2 Å². The zero-order valence-electron chi connectivity index (χ0n) is 16.4. The van der Waals surface area contributed by atoms with Gasteiger partial charge in [0.1, 0.15) is 12.2 Å². The number of carbonyl (C=O) groups is 1. The molecule has 1 aromatic carbocycles. The number of fused-ring (bicyclic) bond motifs is 2. The Balaban J connectivity index is 1.52. The summed E-state index contributed by atoms with van der Waals surface area (Å²) in [6.07, 6.45) is 0.286. The minimum absolute atomic E-state index is 0.102. The van der Waals surface area contributed by atoms with E-state index < -0.39 is 23.7 Å². The molecule has 2 aromatic rings. The molecule has 3 heterocycles. The summed E-state index contributed by atoms with van der Waals surface area (Å²) in [5.74, 6) is -0.447. The van der Waals surface area contributed by atoms with Crippen LogP contribution >= 0.6 is 0 Å². The van der Waals surface area contributed by atoms with Crippen LogP contribution in [0.2, 0.25) is 0 Å². The maximum Gasteiger partial charge on any atom is 0.421 e. The Kier molecular flexibility index (Phi) is 5.40. The number of carbonyl (C=O) groups excluding carboxylic acids is 1. The molecule has 2 aliphatic heterocycles. The van der Waals surface area contributed by atoms with Gasteiger partial charge in [0.2, 0.25) is 5.88 Å². The summed E-state index contributed by atoms with van der Waals surface area (Å²) in [7, 11) is 1.16. The van der Waals surface area contributed by atoms with Gasteiger partial charge in [0.15, 0.2) is 0 Å². The lowest BCUT2D eigenvalue weighted by Gasteiger charge is -2.33. The molecule has 2 unspecified atom stereocenters. The minimum Gasteiger partial charge on any atom is -0.481 e. The van der Waals surface area contributed by atoms with Crippen molar-refractivity contribution in [1.82, 2.24) is 9.88 Å². The van der Waals surface area contributed by atoms with E-state index in [1.165, 1.54) is 6.20 Å². The second-order valence-electron chi connectivity index (χ2n) is 7.42. The third-order valence-corrected chi connectivity index (χ3v) is 5.53. The molecule has 1 aromatic heterocycles. The number of methoxy groups -OCH3 is 1. The lowest BCUT2D eigenvalue weighted by molar-refractivity contribution is -0.139. The molecule has 1 saturated heterocycles. The Morgan fingerprint density at radius 2 is 2.00 bits per heavy atom. The van der Waals surface area contributed by atoms with Crippen LogP contribution in [-0.4, -0.2) is 35.2 Å². The van der Waals surface area contributed by atoms with Crippen LogP contribution < -0.4 is 4.74 Å². The smallest absolute Gasteiger partial charge is 0.421 e. The summed E-state index contributed by atoms with van der Waals surface area (Å²) in [6, 6.07) is 10.2. The molecular formula is C22H21F3N2O3. The van der Waals surface area contributed by atoms with E-state index in [4.69, 9.17) is 9.47 Å². The Hall–Kier alpha value is -3.03. The molecule has 2 bridgehead atoms. The zero-order valence-corrected chi connectivity index (χ0v) is 16.4. The summed E-state index contributed by atoms with van der Waals surface area (Å²) in [4.78, 5) is 18.2. The first kappa shape index (κ1) is 20.3. The summed E-state index contributed by atoms with van der Waals surface area (Å²) in [5, 5.41) is 0. The fourth-order valence-corrected chi connectivity index (χ4v) is 4.12. The molecule has 1 amide bonds. The van der Waals surface area contributed by atoms with Crippen molar-refractivity contribution in [2.24, 2.45) is 0 Å². The van der Waals surface area contributed by atoms with Crippen molar-refractivity contribution >= 4 is 11.7 Å². The first-order valence-electron chi connectivity index (χ1n) is 9.68. The number of hydrogen-bond donors (Lipinski definition) is 0. The molecule has 0 spiro atoms. The highest BCUT2D eigenvalue weighted by molar-refractivity contribution is 5.75. The van der Waals surface area contributed by atoms with Gasteiger partial charge in [-0.1, -0.05) is 36.4 Å². The van der Waals surface area contributed by atoms with Crippen molar-refractivity contribution in [3.8, 4) is 5.88 Å². The van der Waals surface area contributed by atoms with Gasteiger partial charge in [-0.05, 0) is 42.0 Å². The number of rotatable bonds is 4. The number of alkyl halides is 3. The van der Waals surface area contributed by atoms with Gasteiger partial charge in [0, 0.05) is 12.2 Å². The van der Waals surface area contributed by atoms with E-state index >= 15 is 0 Å². The molecule has 5 nitrogen and oxygen atoms in total. The van der Waals surface area contributed by atoms with Crippen molar-refractivity contribution in [2.75, 3.05) is 7.11 Å². The second kappa shape index (κ2) is 8.01. The standard InChI is InChI=1S/C22H21F3N2O3/c1-29-20-19(22(23,24)25)11-16(12-26-20)15-9-17-7-8-18(10-15)27(17)21(28)30-13-14-5-3-2-4-6-14/h2-6,9,11-12,17-18H,7-8,10,13H2,1H3.